The van der Waals surface area contributed by atoms with Crippen molar-refractivity contribution in [2.24, 2.45) is 0 Å². The van der Waals surface area contributed by atoms with Gasteiger partial charge in [0.25, 0.3) is 0 Å². The first kappa shape index (κ1) is 23.7. The SMILES string of the molecule is Cl.O=C(CCN1CCOCC1)C(=Cc1ccccc1)C(=O)CCN1CCOCC1. The van der Waals surface area contributed by atoms with Crippen LogP contribution in [0.25, 0.3) is 6.08 Å². The van der Waals surface area contributed by atoms with E-state index in [0.717, 1.165) is 31.7 Å². The zero-order valence-corrected chi connectivity index (χ0v) is 17.7. The minimum atomic E-state index is -0.0673. The van der Waals surface area contributed by atoms with Gasteiger partial charge in [-0.25, -0.2) is 0 Å². The van der Waals surface area contributed by atoms with Gasteiger partial charge in [-0.3, -0.25) is 19.4 Å². The van der Waals surface area contributed by atoms with E-state index in [1.165, 1.54) is 0 Å². The van der Waals surface area contributed by atoms with Gasteiger partial charge in [0.05, 0.1) is 32.0 Å². The summed E-state index contributed by atoms with van der Waals surface area (Å²) >= 11 is 0. The van der Waals surface area contributed by atoms with E-state index in [2.05, 4.69) is 9.80 Å². The topological polar surface area (TPSA) is 59.1 Å². The van der Waals surface area contributed by atoms with Crippen molar-refractivity contribution in [2.75, 3.05) is 65.7 Å². The Morgan fingerprint density at radius 1 is 0.793 bits per heavy atom. The molecule has 2 aliphatic rings. The van der Waals surface area contributed by atoms with Crippen molar-refractivity contribution >= 4 is 30.0 Å². The zero-order valence-electron chi connectivity index (χ0n) is 16.9. The summed E-state index contributed by atoms with van der Waals surface area (Å²) in [6, 6.07) is 9.60. The van der Waals surface area contributed by atoms with Gasteiger partial charge in [0.15, 0.2) is 11.6 Å². The third-order valence-electron chi connectivity index (χ3n) is 5.23. The van der Waals surface area contributed by atoms with Crippen LogP contribution >= 0.6 is 12.4 Å². The monoisotopic (exact) mass is 422 g/mol. The van der Waals surface area contributed by atoms with Crippen LogP contribution in [-0.4, -0.2) is 87.1 Å². The Morgan fingerprint density at radius 2 is 1.24 bits per heavy atom. The Morgan fingerprint density at radius 3 is 1.69 bits per heavy atom. The normalized spacial score (nSPS) is 17.9. The molecule has 0 spiro atoms. The van der Waals surface area contributed by atoms with Crippen LogP contribution in [0.3, 0.4) is 0 Å². The number of ether oxygens (including phenoxy) is 2. The van der Waals surface area contributed by atoms with Crippen molar-refractivity contribution in [3.05, 3.63) is 41.5 Å². The summed E-state index contributed by atoms with van der Waals surface area (Å²) in [6.07, 6.45) is 2.48. The Hall–Kier alpha value is -1.57. The molecule has 2 fully saturated rings. The number of nitrogens with zero attached hydrogens (tertiary/aromatic N) is 2. The first-order chi connectivity index (χ1) is 13.7. The van der Waals surface area contributed by atoms with Gasteiger partial charge in [-0.05, 0) is 11.6 Å². The maximum absolute atomic E-state index is 12.9. The highest BCUT2D eigenvalue weighted by Crippen LogP contribution is 2.14. The Labute approximate surface area is 179 Å². The average molecular weight is 423 g/mol. The molecule has 2 aliphatic heterocycles. The second kappa shape index (κ2) is 12.9. The number of allylic oxidation sites excluding steroid dienone is 1. The van der Waals surface area contributed by atoms with E-state index in [4.69, 9.17) is 9.47 Å². The Balaban J connectivity index is 0.00000300. The summed E-state index contributed by atoms with van der Waals surface area (Å²) in [5.74, 6) is -0.135. The lowest BCUT2D eigenvalue weighted by Crippen LogP contribution is -2.38. The molecule has 0 radical (unpaired) electrons. The number of hydrogen-bond donors (Lipinski definition) is 0. The van der Waals surface area contributed by atoms with Gasteiger partial charge < -0.3 is 9.47 Å². The van der Waals surface area contributed by atoms with Gasteiger partial charge in [-0.1, -0.05) is 30.3 Å². The predicted molar refractivity (Wildman–Crippen MR) is 115 cm³/mol. The molecule has 3 rings (SSSR count). The van der Waals surface area contributed by atoms with Crippen LogP contribution in [0.1, 0.15) is 18.4 Å². The fourth-order valence-corrected chi connectivity index (χ4v) is 3.47. The van der Waals surface area contributed by atoms with Crippen LogP contribution in [-0.2, 0) is 19.1 Å². The number of carbonyl (C=O) groups is 2. The van der Waals surface area contributed by atoms with Gasteiger partial charge in [0, 0.05) is 52.1 Å². The second-order valence-electron chi connectivity index (χ2n) is 7.22. The summed E-state index contributed by atoms with van der Waals surface area (Å²) in [7, 11) is 0. The standard InChI is InChI=1S/C22H30N2O4.ClH/c25-21(6-8-23-10-14-27-15-11-23)20(18-19-4-2-1-3-5-19)22(26)7-9-24-12-16-28-17-13-24;/h1-5,18H,6-17H2;1H. The lowest BCUT2D eigenvalue weighted by Gasteiger charge is -2.27. The van der Waals surface area contributed by atoms with Crippen molar-refractivity contribution in [3.8, 4) is 0 Å². The number of benzene rings is 1. The molecule has 7 heteroatoms. The number of Topliss-reactive ketones (excluding diaryl/α,β-unsaturated/α-hetero) is 2. The third-order valence-corrected chi connectivity index (χ3v) is 5.23. The number of ketones is 2. The van der Waals surface area contributed by atoms with Crippen molar-refractivity contribution in [2.45, 2.75) is 12.8 Å². The van der Waals surface area contributed by atoms with Crippen molar-refractivity contribution in [1.82, 2.24) is 9.80 Å². The first-order valence-electron chi connectivity index (χ1n) is 10.2. The van der Waals surface area contributed by atoms with E-state index in [0.29, 0.717) is 57.9 Å². The van der Waals surface area contributed by atoms with Crippen LogP contribution in [0.15, 0.2) is 35.9 Å². The summed E-state index contributed by atoms with van der Waals surface area (Å²) in [5.41, 5.74) is 1.21. The number of hydrogen-bond acceptors (Lipinski definition) is 6. The number of morpholine rings is 2. The zero-order chi connectivity index (χ0) is 19.6. The molecular weight excluding hydrogens is 392 g/mol. The van der Waals surface area contributed by atoms with E-state index in [-0.39, 0.29) is 24.0 Å². The minimum absolute atomic E-state index is 0. The molecule has 2 heterocycles. The molecule has 0 N–H and O–H groups in total. The third kappa shape index (κ3) is 7.99. The molecule has 1 aromatic rings. The highest BCUT2D eigenvalue weighted by atomic mass is 35.5. The molecule has 160 valence electrons. The fraction of sp³-hybridized carbons (Fsp3) is 0.545. The molecular formula is C22H31ClN2O4. The van der Waals surface area contributed by atoms with Crippen molar-refractivity contribution in [1.29, 1.82) is 0 Å². The predicted octanol–water partition coefficient (Wildman–Crippen LogP) is 2.07. The van der Waals surface area contributed by atoms with Crippen LogP contribution in [0, 0.1) is 0 Å². The molecule has 0 atom stereocenters. The van der Waals surface area contributed by atoms with Gasteiger partial charge >= 0.3 is 0 Å². The van der Waals surface area contributed by atoms with E-state index >= 15 is 0 Å². The van der Waals surface area contributed by atoms with E-state index in [1.807, 2.05) is 30.3 Å². The van der Waals surface area contributed by atoms with E-state index in [1.54, 1.807) is 6.08 Å². The van der Waals surface area contributed by atoms with Crippen LogP contribution < -0.4 is 0 Å². The van der Waals surface area contributed by atoms with Gasteiger partial charge in [0.1, 0.15) is 0 Å². The van der Waals surface area contributed by atoms with Gasteiger partial charge in [-0.2, -0.15) is 0 Å². The summed E-state index contributed by atoms with van der Waals surface area (Å²) < 4.78 is 10.7. The van der Waals surface area contributed by atoms with Crippen LogP contribution in [0.4, 0.5) is 0 Å². The lowest BCUT2D eigenvalue weighted by atomic mass is 9.98. The molecule has 2 saturated heterocycles. The number of halogens is 1. The van der Waals surface area contributed by atoms with Crippen LogP contribution in [0.2, 0.25) is 0 Å². The molecule has 0 aliphatic carbocycles. The van der Waals surface area contributed by atoms with Crippen LogP contribution in [0.5, 0.6) is 0 Å². The largest absolute Gasteiger partial charge is 0.379 e. The Bertz CT molecular complexity index is 633. The maximum atomic E-state index is 12.9. The molecule has 6 nitrogen and oxygen atoms in total. The van der Waals surface area contributed by atoms with Gasteiger partial charge in [0.2, 0.25) is 0 Å². The summed E-state index contributed by atoms with van der Waals surface area (Å²) in [4.78, 5) is 30.2. The van der Waals surface area contributed by atoms with Crippen molar-refractivity contribution in [3.63, 3.8) is 0 Å². The highest BCUT2D eigenvalue weighted by molar-refractivity contribution is 6.23. The van der Waals surface area contributed by atoms with E-state index in [9.17, 15) is 9.59 Å². The molecule has 0 unspecified atom stereocenters. The molecule has 0 saturated carbocycles. The van der Waals surface area contributed by atoms with Gasteiger partial charge in [-0.15, -0.1) is 12.4 Å². The highest BCUT2D eigenvalue weighted by Gasteiger charge is 2.21. The smallest absolute Gasteiger partial charge is 0.167 e. The second-order valence-corrected chi connectivity index (χ2v) is 7.22. The average Bonchev–Trinajstić information content (AvgIpc) is 2.76. The summed E-state index contributed by atoms with van der Waals surface area (Å²) in [6.45, 7) is 7.55. The molecule has 0 bridgehead atoms. The molecule has 0 aromatic heterocycles. The molecule has 29 heavy (non-hydrogen) atoms. The number of carbonyl (C=O) groups excluding carboxylic acids is 2. The number of rotatable bonds is 9. The maximum Gasteiger partial charge on any atom is 0.167 e. The summed E-state index contributed by atoms with van der Waals surface area (Å²) in [5, 5.41) is 0. The quantitative estimate of drug-likeness (QED) is 0.345. The minimum Gasteiger partial charge on any atom is -0.379 e. The lowest BCUT2D eigenvalue weighted by molar-refractivity contribution is -0.122. The Kier molecular flexibility index (Phi) is 10.5. The fourth-order valence-electron chi connectivity index (χ4n) is 3.47. The first-order valence-corrected chi connectivity index (χ1v) is 10.2. The van der Waals surface area contributed by atoms with Crippen molar-refractivity contribution < 1.29 is 19.1 Å². The molecule has 0 amide bonds. The van der Waals surface area contributed by atoms with E-state index < -0.39 is 0 Å². The molecule has 1 aromatic carbocycles.